The van der Waals surface area contributed by atoms with E-state index < -0.39 is 5.97 Å². The first-order valence-corrected chi connectivity index (χ1v) is 5.77. The quantitative estimate of drug-likeness (QED) is 0.751. The monoisotopic (exact) mass is 198 g/mol. The molecule has 2 nitrogen and oxygen atoms in total. The Kier molecular flexibility index (Phi) is 3.97. The van der Waals surface area contributed by atoms with Gasteiger partial charge in [-0.25, -0.2) is 0 Å². The number of carboxylic acid groups (broad SMARTS) is 1. The third-order valence-corrected chi connectivity index (χ3v) is 3.59. The van der Waals surface area contributed by atoms with E-state index in [9.17, 15) is 4.79 Å². The molecule has 0 bridgehead atoms. The highest BCUT2D eigenvalue weighted by Gasteiger charge is 2.32. The topological polar surface area (TPSA) is 37.3 Å². The van der Waals surface area contributed by atoms with E-state index in [1.54, 1.807) is 0 Å². The molecule has 0 amide bonds. The van der Waals surface area contributed by atoms with Crippen molar-refractivity contribution in [3.8, 4) is 0 Å². The Morgan fingerprint density at radius 2 is 2.00 bits per heavy atom. The Morgan fingerprint density at radius 3 is 2.43 bits per heavy atom. The summed E-state index contributed by atoms with van der Waals surface area (Å²) in [5.74, 6) is 0.225. The lowest BCUT2D eigenvalue weighted by atomic mass is 9.69. The second kappa shape index (κ2) is 4.81. The van der Waals surface area contributed by atoms with E-state index in [2.05, 4.69) is 13.8 Å². The van der Waals surface area contributed by atoms with Crippen LogP contribution < -0.4 is 0 Å². The van der Waals surface area contributed by atoms with E-state index in [0.29, 0.717) is 6.42 Å². The second-order valence-corrected chi connectivity index (χ2v) is 5.11. The largest absolute Gasteiger partial charge is 0.481 e. The lowest BCUT2D eigenvalue weighted by molar-refractivity contribution is -0.140. The van der Waals surface area contributed by atoms with Crippen molar-refractivity contribution >= 4 is 5.97 Å². The van der Waals surface area contributed by atoms with Gasteiger partial charge in [-0.05, 0) is 37.0 Å². The summed E-state index contributed by atoms with van der Waals surface area (Å²) in [5.41, 5.74) is 0.0794. The van der Waals surface area contributed by atoms with Gasteiger partial charge in [0.2, 0.25) is 0 Å². The van der Waals surface area contributed by atoms with E-state index in [-0.39, 0.29) is 5.41 Å². The van der Waals surface area contributed by atoms with Gasteiger partial charge in [0.1, 0.15) is 0 Å². The molecule has 0 spiro atoms. The van der Waals surface area contributed by atoms with E-state index in [4.69, 9.17) is 5.11 Å². The summed E-state index contributed by atoms with van der Waals surface area (Å²) in [7, 11) is 0. The van der Waals surface area contributed by atoms with Gasteiger partial charge in [-0.15, -0.1) is 0 Å². The molecular weight excluding hydrogens is 176 g/mol. The van der Waals surface area contributed by atoms with Crippen molar-refractivity contribution < 1.29 is 9.90 Å². The first-order valence-electron chi connectivity index (χ1n) is 5.77. The van der Waals surface area contributed by atoms with Gasteiger partial charge in [0.05, 0.1) is 6.42 Å². The molecule has 0 heterocycles. The van der Waals surface area contributed by atoms with Crippen LogP contribution in [0.25, 0.3) is 0 Å². The minimum atomic E-state index is -0.638. The molecule has 0 atom stereocenters. The molecule has 1 N–H and O–H groups in total. The standard InChI is InChI=1S/C12H22O2/c1-3-4-10-5-7-12(2,8-6-10)9-11(13)14/h10H,3-9H2,1-2H3,(H,13,14). The molecule has 0 unspecified atom stereocenters. The van der Waals surface area contributed by atoms with Gasteiger partial charge < -0.3 is 5.11 Å². The molecule has 1 saturated carbocycles. The molecule has 0 aliphatic heterocycles. The molecule has 0 aromatic carbocycles. The van der Waals surface area contributed by atoms with Crippen molar-refractivity contribution in [3.05, 3.63) is 0 Å². The van der Waals surface area contributed by atoms with Crippen molar-refractivity contribution in [1.82, 2.24) is 0 Å². The van der Waals surface area contributed by atoms with Crippen LogP contribution in [-0.4, -0.2) is 11.1 Å². The average Bonchev–Trinajstić information content (AvgIpc) is 2.08. The first-order chi connectivity index (χ1) is 6.56. The van der Waals surface area contributed by atoms with E-state index in [1.807, 2.05) is 0 Å². The fourth-order valence-electron chi connectivity index (χ4n) is 2.61. The van der Waals surface area contributed by atoms with Crippen LogP contribution in [0.2, 0.25) is 0 Å². The van der Waals surface area contributed by atoms with E-state index >= 15 is 0 Å². The van der Waals surface area contributed by atoms with Crippen molar-refractivity contribution in [2.24, 2.45) is 11.3 Å². The Balaban J connectivity index is 2.36. The smallest absolute Gasteiger partial charge is 0.303 e. The van der Waals surface area contributed by atoms with Crippen LogP contribution in [0.5, 0.6) is 0 Å². The van der Waals surface area contributed by atoms with Gasteiger partial charge in [0.15, 0.2) is 0 Å². The minimum Gasteiger partial charge on any atom is -0.481 e. The van der Waals surface area contributed by atoms with Gasteiger partial charge in [-0.3, -0.25) is 4.79 Å². The lowest BCUT2D eigenvalue weighted by Gasteiger charge is -2.36. The SMILES string of the molecule is CCCC1CCC(C)(CC(=O)O)CC1. The maximum absolute atomic E-state index is 10.7. The molecule has 2 heteroatoms. The van der Waals surface area contributed by atoms with Crippen molar-refractivity contribution in [2.75, 3.05) is 0 Å². The summed E-state index contributed by atoms with van der Waals surface area (Å²) in [5, 5.41) is 8.80. The van der Waals surface area contributed by atoms with Gasteiger partial charge in [0.25, 0.3) is 0 Å². The maximum atomic E-state index is 10.7. The zero-order valence-corrected chi connectivity index (χ0v) is 9.38. The van der Waals surface area contributed by atoms with Crippen LogP contribution >= 0.6 is 0 Å². The summed E-state index contributed by atoms with van der Waals surface area (Å²) in [6, 6.07) is 0. The predicted molar refractivity (Wildman–Crippen MR) is 57.2 cm³/mol. The van der Waals surface area contributed by atoms with Gasteiger partial charge in [0, 0.05) is 0 Å². The Hall–Kier alpha value is -0.530. The first kappa shape index (κ1) is 11.5. The molecule has 82 valence electrons. The fourth-order valence-corrected chi connectivity index (χ4v) is 2.61. The van der Waals surface area contributed by atoms with Crippen LogP contribution in [0.3, 0.4) is 0 Å². The molecule has 0 aromatic rings. The molecule has 14 heavy (non-hydrogen) atoms. The fraction of sp³-hybridized carbons (Fsp3) is 0.917. The zero-order valence-electron chi connectivity index (χ0n) is 9.38. The predicted octanol–water partition coefficient (Wildman–Crippen LogP) is 3.46. The lowest BCUT2D eigenvalue weighted by Crippen LogP contribution is -2.27. The molecule has 1 fully saturated rings. The molecule has 1 rings (SSSR count). The summed E-state index contributed by atoms with van der Waals surface area (Å²) < 4.78 is 0. The number of carbonyl (C=O) groups is 1. The van der Waals surface area contributed by atoms with Crippen LogP contribution in [0.4, 0.5) is 0 Å². The normalized spacial score (nSPS) is 32.9. The summed E-state index contributed by atoms with van der Waals surface area (Å²) in [4.78, 5) is 10.7. The molecule has 1 aliphatic rings. The van der Waals surface area contributed by atoms with Crippen molar-refractivity contribution in [3.63, 3.8) is 0 Å². The highest BCUT2D eigenvalue weighted by atomic mass is 16.4. The Bertz CT molecular complexity index is 190. The third-order valence-electron chi connectivity index (χ3n) is 3.59. The number of carboxylic acids is 1. The number of aliphatic carboxylic acids is 1. The van der Waals surface area contributed by atoms with Crippen molar-refractivity contribution in [1.29, 1.82) is 0 Å². The highest BCUT2D eigenvalue weighted by molar-refractivity contribution is 5.67. The number of hydrogen-bond acceptors (Lipinski definition) is 1. The van der Waals surface area contributed by atoms with Crippen molar-refractivity contribution in [2.45, 2.75) is 58.8 Å². The van der Waals surface area contributed by atoms with Crippen LogP contribution in [-0.2, 0) is 4.79 Å². The summed E-state index contributed by atoms with van der Waals surface area (Å²) in [6.07, 6.45) is 7.61. The molecule has 0 radical (unpaired) electrons. The molecule has 0 saturated heterocycles. The van der Waals surface area contributed by atoms with Gasteiger partial charge in [-0.1, -0.05) is 26.7 Å². The third kappa shape index (κ3) is 3.32. The average molecular weight is 198 g/mol. The number of hydrogen-bond donors (Lipinski definition) is 1. The summed E-state index contributed by atoms with van der Waals surface area (Å²) in [6.45, 7) is 4.36. The molecule has 0 aromatic heterocycles. The minimum absolute atomic E-state index is 0.0794. The maximum Gasteiger partial charge on any atom is 0.303 e. The van der Waals surface area contributed by atoms with Crippen LogP contribution in [0.15, 0.2) is 0 Å². The van der Waals surface area contributed by atoms with E-state index in [0.717, 1.165) is 18.8 Å². The van der Waals surface area contributed by atoms with E-state index in [1.165, 1.54) is 25.7 Å². The zero-order chi connectivity index (χ0) is 10.6. The van der Waals surface area contributed by atoms with Gasteiger partial charge in [-0.2, -0.15) is 0 Å². The van der Waals surface area contributed by atoms with Crippen LogP contribution in [0.1, 0.15) is 58.8 Å². The second-order valence-electron chi connectivity index (χ2n) is 5.11. The Labute approximate surface area is 86.7 Å². The Morgan fingerprint density at radius 1 is 1.43 bits per heavy atom. The van der Waals surface area contributed by atoms with Crippen LogP contribution in [0, 0.1) is 11.3 Å². The molecule has 1 aliphatic carbocycles. The highest BCUT2D eigenvalue weighted by Crippen LogP contribution is 2.42. The number of rotatable bonds is 4. The van der Waals surface area contributed by atoms with Gasteiger partial charge >= 0.3 is 5.97 Å². The summed E-state index contributed by atoms with van der Waals surface area (Å²) >= 11 is 0. The molecular formula is C12H22O2.